The molecule has 1 N–H and O–H groups in total. The van der Waals surface area contributed by atoms with Crippen molar-refractivity contribution in [1.29, 1.82) is 0 Å². The number of hydrogen-bond acceptors (Lipinski definition) is 2. The predicted octanol–water partition coefficient (Wildman–Crippen LogP) is 2.32. The molecule has 4 heteroatoms. The highest BCUT2D eigenvalue weighted by Gasteiger charge is 2.23. The minimum atomic E-state index is 0.0850. The first kappa shape index (κ1) is 12.1. The lowest BCUT2D eigenvalue weighted by molar-refractivity contribution is -0.121. The van der Waals surface area contributed by atoms with Gasteiger partial charge < -0.3 is 14.6 Å². The molecule has 0 aliphatic heterocycles. The quantitative estimate of drug-likeness (QED) is 0.894. The topological polar surface area (TPSA) is 43.3 Å². The molecule has 0 spiro atoms. The Morgan fingerprint density at radius 3 is 3.00 bits per heavy atom. The van der Waals surface area contributed by atoms with Crippen molar-refractivity contribution in [3.8, 4) is 5.75 Å². The minimum Gasteiger partial charge on any atom is -0.493 e. The van der Waals surface area contributed by atoms with Crippen LogP contribution >= 0.6 is 0 Å². The maximum atomic E-state index is 11.9. The molecule has 1 aliphatic carbocycles. The zero-order valence-corrected chi connectivity index (χ0v) is 11.1. The van der Waals surface area contributed by atoms with E-state index in [4.69, 9.17) is 4.74 Å². The molecule has 4 nitrogen and oxygen atoms in total. The Morgan fingerprint density at radius 2 is 2.26 bits per heavy atom. The third-order valence-electron chi connectivity index (χ3n) is 3.33. The van der Waals surface area contributed by atoms with Gasteiger partial charge >= 0.3 is 0 Å². The highest BCUT2D eigenvalue weighted by Crippen LogP contribution is 2.26. The van der Waals surface area contributed by atoms with Crippen LogP contribution in [-0.4, -0.2) is 23.1 Å². The van der Waals surface area contributed by atoms with Crippen LogP contribution in [0.4, 0.5) is 0 Å². The van der Waals surface area contributed by atoms with Crippen LogP contribution in [0.2, 0.25) is 0 Å². The maximum Gasteiger partial charge on any atom is 0.240 e. The van der Waals surface area contributed by atoms with Gasteiger partial charge in [-0.3, -0.25) is 4.79 Å². The number of nitrogens with one attached hydrogen (secondary N) is 1. The number of nitrogens with zero attached hydrogens (tertiary/aromatic N) is 1. The van der Waals surface area contributed by atoms with Crippen molar-refractivity contribution >= 4 is 16.8 Å². The Balaban J connectivity index is 1.83. The van der Waals surface area contributed by atoms with Crippen LogP contribution in [0.15, 0.2) is 30.5 Å². The van der Waals surface area contributed by atoms with E-state index in [0.29, 0.717) is 19.2 Å². The third kappa shape index (κ3) is 2.57. The van der Waals surface area contributed by atoms with E-state index in [-0.39, 0.29) is 5.91 Å². The Bertz CT molecular complexity index is 599. The normalized spacial score (nSPS) is 14.6. The summed E-state index contributed by atoms with van der Waals surface area (Å²) in [5.41, 5.74) is 1.04. The number of ether oxygens (including phenoxy) is 1. The molecule has 1 heterocycles. The Hall–Kier alpha value is -1.97. The van der Waals surface area contributed by atoms with Gasteiger partial charge in [-0.15, -0.1) is 0 Å². The van der Waals surface area contributed by atoms with Gasteiger partial charge in [-0.1, -0.05) is 6.07 Å². The molecule has 0 saturated heterocycles. The molecule has 0 unspecified atom stereocenters. The summed E-state index contributed by atoms with van der Waals surface area (Å²) in [6.07, 6.45) is 4.18. The number of fused-ring (bicyclic) bond motifs is 1. The van der Waals surface area contributed by atoms with Gasteiger partial charge in [-0.2, -0.15) is 0 Å². The van der Waals surface area contributed by atoms with Gasteiger partial charge in [0.15, 0.2) is 0 Å². The standard InChI is InChI=1S/C15H18N2O2/c1-2-19-14-5-3-4-13-12(14)8-9-17(13)10-15(18)16-11-6-7-11/h3-5,8-9,11H,2,6-7,10H2,1H3,(H,16,18). The van der Waals surface area contributed by atoms with E-state index in [1.165, 1.54) is 0 Å². The summed E-state index contributed by atoms with van der Waals surface area (Å²) in [7, 11) is 0. The van der Waals surface area contributed by atoms with Crippen LogP contribution < -0.4 is 10.1 Å². The monoisotopic (exact) mass is 258 g/mol. The van der Waals surface area contributed by atoms with Gasteiger partial charge in [0.1, 0.15) is 12.3 Å². The van der Waals surface area contributed by atoms with E-state index < -0.39 is 0 Å². The fraction of sp³-hybridized carbons (Fsp3) is 0.400. The van der Waals surface area contributed by atoms with Crippen molar-refractivity contribution in [2.24, 2.45) is 0 Å². The zero-order valence-electron chi connectivity index (χ0n) is 11.1. The third-order valence-corrected chi connectivity index (χ3v) is 3.33. The highest BCUT2D eigenvalue weighted by molar-refractivity contribution is 5.88. The fourth-order valence-corrected chi connectivity index (χ4v) is 2.27. The molecule has 0 bridgehead atoms. The summed E-state index contributed by atoms with van der Waals surface area (Å²) in [5.74, 6) is 0.961. The second kappa shape index (κ2) is 4.96. The molecule has 19 heavy (non-hydrogen) atoms. The van der Waals surface area contributed by atoms with Gasteiger partial charge in [-0.25, -0.2) is 0 Å². The van der Waals surface area contributed by atoms with Gasteiger partial charge in [-0.05, 0) is 38.0 Å². The second-order valence-corrected chi connectivity index (χ2v) is 4.91. The maximum absolute atomic E-state index is 11.9. The summed E-state index contributed by atoms with van der Waals surface area (Å²) in [4.78, 5) is 11.9. The Morgan fingerprint density at radius 1 is 1.42 bits per heavy atom. The lowest BCUT2D eigenvalue weighted by Crippen LogP contribution is -2.28. The van der Waals surface area contributed by atoms with E-state index >= 15 is 0 Å². The van der Waals surface area contributed by atoms with Crippen LogP contribution in [0.25, 0.3) is 10.9 Å². The van der Waals surface area contributed by atoms with Crippen molar-refractivity contribution in [2.75, 3.05) is 6.61 Å². The first-order valence-electron chi connectivity index (χ1n) is 6.78. The second-order valence-electron chi connectivity index (χ2n) is 4.91. The SMILES string of the molecule is CCOc1cccc2c1ccn2CC(=O)NC1CC1. The number of benzene rings is 1. The lowest BCUT2D eigenvalue weighted by atomic mass is 10.2. The molecule has 0 radical (unpaired) electrons. The molecular formula is C15H18N2O2. The lowest BCUT2D eigenvalue weighted by Gasteiger charge is -2.08. The smallest absolute Gasteiger partial charge is 0.240 e. The molecule has 1 saturated carbocycles. The highest BCUT2D eigenvalue weighted by atomic mass is 16.5. The fourth-order valence-electron chi connectivity index (χ4n) is 2.27. The zero-order chi connectivity index (χ0) is 13.2. The van der Waals surface area contributed by atoms with Crippen molar-refractivity contribution in [3.05, 3.63) is 30.5 Å². The van der Waals surface area contributed by atoms with E-state index in [1.807, 2.05) is 42.0 Å². The summed E-state index contributed by atoms with van der Waals surface area (Å²) in [6, 6.07) is 8.35. The summed E-state index contributed by atoms with van der Waals surface area (Å²) in [5, 5.41) is 4.06. The molecule has 1 amide bonds. The van der Waals surface area contributed by atoms with Crippen molar-refractivity contribution in [3.63, 3.8) is 0 Å². The van der Waals surface area contributed by atoms with Crippen LogP contribution in [0.5, 0.6) is 5.75 Å². The molecule has 2 aromatic rings. The van der Waals surface area contributed by atoms with Crippen molar-refractivity contribution in [2.45, 2.75) is 32.4 Å². The largest absolute Gasteiger partial charge is 0.493 e. The molecular weight excluding hydrogens is 240 g/mol. The van der Waals surface area contributed by atoms with Gasteiger partial charge in [0.25, 0.3) is 0 Å². The number of carbonyl (C=O) groups excluding carboxylic acids is 1. The van der Waals surface area contributed by atoms with Gasteiger partial charge in [0.2, 0.25) is 5.91 Å². The van der Waals surface area contributed by atoms with Crippen LogP contribution in [0.3, 0.4) is 0 Å². The summed E-state index contributed by atoms with van der Waals surface area (Å²) in [6.45, 7) is 2.99. The Kier molecular flexibility index (Phi) is 3.15. The van der Waals surface area contributed by atoms with E-state index in [2.05, 4.69) is 5.32 Å². The van der Waals surface area contributed by atoms with Crippen molar-refractivity contribution < 1.29 is 9.53 Å². The first-order chi connectivity index (χ1) is 9.28. The molecule has 1 aromatic heterocycles. The van der Waals surface area contributed by atoms with Gasteiger partial charge in [0.05, 0.1) is 12.1 Å². The van der Waals surface area contributed by atoms with E-state index in [9.17, 15) is 4.79 Å². The average Bonchev–Trinajstić information content (AvgIpc) is 3.11. The predicted molar refractivity (Wildman–Crippen MR) is 74.3 cm³/mol. The van der Waals surface area contributed by atoms with Crippen LogP contribution in [-0.2, 0) is 11.3 Å². The number of aromatic nitrogens is 1. The number of amides is 1. The summed E-state index contributed by atoms with van der Waals surface area (Å²) < 4.78 is 7.57. The number of rotatable bonds is 5. The molecule has 1 aliphatic rings. The Labute approximate surface area is 112 Å². The molecule has 1 aromatic carbocycles. The van der Waals surface area contributed by atoms with Gasteiger partial charge in [0, 0.05) is 17.6 Å². The van der Waals surface area contributed by atoms with E-state index in [1.54, 1.807) is 0 Å². The molecule has 1 fully saturated rings. The number of hydrogen-bond donors (Lipinski definition) is 1. The number of carbonyl (C=O) groups is 1. The molecule has 0 atom stereocenters. The average molecular weight is 258 g/mol. The first-order valence-corrected chi connectivity index (χ1v) is 6.78. The van der Waals surface area contributed by atoms with Crippen LogP contribution in [0, 0.1) is 0 Å². The minimum absolute atomic E-state index is 0.0850. The summed E-state index contributed by atoms with van der Waals surface area (Å²) >= 11 is 0. The molecule has 3 rings (SSSR count). The van der Waals surface area contributed by atoms with Crippen LogP contribution in [0.1, 0.15) is 19.8 Å². The molecule has 100 valence electrons. The van der Waals surface area contributed by atoms with E-state index in [0.717, 1.165) is 29.5 Å². The van der Waals surface area contributed by atoms with Crippen molar-refractivity contribution in [1.82, 2.24) is 9.88 Å².